The second-order valence-electron chi connectivity index (χ2n) is 6.60. The third-order valence-electron chi connectivity index (χ3n) is 4.69. The van der Waals surface area contributed by atoms with Gasteiger partial charge in [-0.25, -0.2) is 0 Å². The second kappa shape index (κ2) is 9.67. The normalized spacial score (nSPS) is 14.0. The van der Waals surface area contributed by atoms with Crippen molar-refractivity contribution in [3.8, 4) is 0 Å². The molecule has 1 aliphatic rings. The fourth-order valence-corrected chi connectivity index (χ4v) is 3.38. The summed E-state index contributed by atoms with van der Waals surface area (Å²) in [7, 11) is 0. The molecule has 0 bridgehead atoms. The Hall–Kier alpha value is -2.18. The van der Waals surface area contributed by atoms with Crippen LogP contribution in [0.2, 0.25) is 0 Å². The lowest BCUT2D eigenvalue weighted by atomic mass is 10.1. The maximum absolute atomic E-state index is 13.0. The average Bonchev–Trinajstić information content (AvgIpc) is 2.72. The third-order valence-corrected chi connectivity index (χ3v) is 5.22. The van der Waals surface area contributed by atoms with Crippen molar-refractivity contribution >= 4 is 27.7 Å². The SMILES string of the molecule is O=C(CN(CCc1ccccc1)C(=O)c1ccc(Br)cc1)N1CCNCC1. The highest BCUT2D eigenvalue weighted by molar-refractivity contribution is 9.10. The molecule has 142 valence electrons. The first-order valence-corrected chi connectivity index (χ1v) is 10.00. The van der Waals surface area contributed by atoms with Gasteiger partial charge >= 0.3 is 0 Å². The van der Waals surface area contributed by atoms with E-state index in [-0.39, 0.29) is 18.4 Å². The van der Waals surface area contributed by atoms with Crippen LogP contribution in [-0.2, 0) is 11.2 Å². The molecule has 1 N–H and O–H groups in total. The highest BCUT2D eigenvalue weighted by Gasteiger charge is 2.23. The molecule has 0 saturated carbocycles. The molecule has 6 heteroatoms. The predicted molar refractivity (Wildman–Crippen MR) is 110 cm³/mol. The average molecular weight is 430 g/mol. The van der Waals surface area contributed by atoms with Crippen LogP contribution in [0.3, 0.4) is 0 Å². The van der Waals surface area contributed by atoms with Gasteiger partial charge in [0, 0.05) is 42.8 Å². The van der Waals surface area contributed by atoms with Crippen molar-refractivity contribution in [1.29, 1.82) is 0 Å². The molecule has 5 nitrogen and oxygen atoms in total. The molecule has 3 rings (SSSR count). The molecule has 1 fully saturated rings. The van der Waals surface area contributed by atoms with Gasteiger partial charge in [0.05, 0.1) is 0 Å². The predicted octanol–water partition coefficient (Wildman–Crippen LogP) is 2.57. The summed E-state index contributed by atoms with van der Waals surface area (Å²) in [6.45, 7) is 3.61. The number of rotatable bonds is 6. The van der Waals surface area contributed by atoms with E-state index in [2.05, 4.69) is 21.2 Å². The Labute approximate surface area is 168 Å². The van der Waals surface area contributed by atoms with E-state index in [1.807, 2.05) is 47.4 Å². The molecule has 0 aromatic heterocycles. The molecule has 1 saturated heterocycles. The van der Waals surface area contributed by atoms with Crippen molar-refractivity contribution in [2.24, 2.45) is 0 Å². The highest BCUT2D eigenvalue weighted by atomic mass is 79.9. The fraction of sp³-hybridized carbons (Fsp3) is 0.333. The fourth-order valence-electron chi connectivity index (χ4n) is 3.11. The second-order valence-corrected chi connectivity index (χ2v) is 7.52. The maximum Gasteiger partial charge on any atom is 0.254 e. The van der Waals surface area contributed by atoms with Crippen LogP contribution in [0.15, 0.2) is 59.1 Å². The van der Waals surface area contributed by atoms with Crippen molar-refractivity contribution in [3.05, 3.63) is 70.2 Å². The van der Waals surface area contributed by atoms with Crippen LogP contribution in [0.5, 0.6) is 0 Å². The Bertz CT molecular complexity index is 759. The zero-order valence-electron chi connectivity index (χ0n) is 15.2. The summed E-state index contributed by atoms with van der Waals surface area (Å²) >= 11 is 3.39. The topological polar surface area (TPSA) is 52.7 Å². The van der Waals surface area contributed by atoms with E-state index in [0.717, 1.165) is 29.5 Å². The zero-order valence-corrected chi connectivity index (χ0v) is 16.8. The summed E-state index contributed by atoms with van der Waals surface area (Å²) in [5, 5.41) is 3.24. The summed E-state index contributed by atoms with van der Waals surface area (Å²) in [6, 6.07) is 17.3. The summed E-state index contributed by atoms with van der Waals surface area (Å²) < 4.78 is 0.923. The van der Waals surface area contributed by atoms with E-state index < -0.39 is 0 Å². The molecule has 1 aliphatic heterocycles. The smallest absolute Gasteiger partial charge is 0.254 e. The molecular formula is C21H24BrN3O2. The Kier molecular flexibility index (Phi) is 7.01. The minimum absolute atomic E-state index is 0.00928. The number of carbonyl (C=O) groups is 2. The number of amides is 2. The number of carbonyl (C=O) groups excluding carboxylic acids is 2. The lowest BCUT2D eigenvalue weighted by Crippen LogP contribution is -2.50. The summed E-state index contributed by atoms with van der Waals surface area (Å²) in [5.41, 5.74) is 1.75. The van der Waals surface area contributed by atoms with Crippen molar-refractivity contribution in [1.82, 2.24) is 15.1 Å². The molecule has 2 aromatic rings. The number of nitrogens with one attached hydrogen (secondary N) is 1. The lowest BCUT2D eigenvalue weighted by Gasteiger charge is -2.30. The molecule has 0 aliphatic carbocycles. The van der Waals surface area contributed by atoms with Crippen LogP contribution in [0.1, 0.15) is 15.9 Å². The number of hydrogen-bond donors (Lipinski definition) is 1. The number of hydrogen-bond acceptors (Lipinski definition) is 3. The monoisotopic (exact) mass is 429 g/mol. The summed E-state index contributed by atoms with van der Waals surface area (Å²) in [5.74, 6) is -0.100. The highest BCUT2D eigenvalue weighted by Crippen LogP contribution is 2.13. The molecular weight excluding hydrogens is 406 g/mol. The Morgan fingerprint density at radius 2 is 1.67 bits per heavy atom. The van der Waals surface area contributed by atoms with Crippen molar-refractivity contribution in [2.45, 2.75) is 6.42 Å². The first kappa shape index (κ1) is 19.6. The summed E-state index contributed by atoms with van der Waals surface area (Å²) in [4.78, 5) is 29.2. The van der Waals surface area contributed by atoms with Gasteiger partial charge in [0.2, 0.25) is 5.91 Å². The van der Waals surface area contributed by atoms with Gasteiger partial charge in [0.25, 0.3) is 5.91 Å². The van der Waals surface area contributed by atoms with Gasteiger partial charge in [0.1, 0.15) is 6.54 Å². The number of halogens is 1. The number of nitrogens with zero attached hydrogens (tertiary/aromatic N) is 2. The van der Waals surface area contributed by atoms with Crippen LogP contribution in [0.4, 0.5) is 0 Å². The van der Waals surface area contributed by atoms with Crippen LogP contribution < -0.4 is 5.32 Å². The van der Waals surface area contributed by atoms with E-state index in [4.69, 9.17) is 0 Å². The standard InChI is InChI=1S/C21H24BrN3O2/c22-19-8-6-18(7-9-19)21(27)25(13-10-17-4-2-1-3-5-17)16-20(26)24-14-11-23-12-15-24/h1-9,23H,10-16H2. The third kappa shape index (κ3) is 5.65. The largest absolute Gasteiger partial charge is 0.339 e. The van der Waals surface area contributed by atoms with Crippen molar-refractivity contribution in [3.63, 3.8) is 0 Å². The van der Waals surface area contributed by atoms with E-state index in [1.165, 1.54) is 0 Å². The van der Waals surface area contributed by atoms with Gasteiger partial charge in [-0.15, -0.1) is 0 Å². The zero-order chi connectivity index (χ0) is 19.1. The molecule has 0 radical (unpaired) electrons. The Morgan fingerprint density at radius 1 is 1.00 bits per heavy atom. The Morgan fingerprint density at radius 3 is 2.33 bits per heavy atom. The first-order chi connectivity index (χ1) is 13.1. The van der Waals surface area contributed by atoms with Gasteiger partial charge in [-0.2, -0.15) is 0 Å². The molecule has 0 atom stereocenters. The first-order valence-electron chi connectivity index (χ1n) is 9.21. The molecule has 0 spiro atoms. The van der Waals surface area contributed by atoms with Gasteiger partial charge in [-0.1, -0.05) is 46.3 Å². The molecule has 2 aromatic carbocycles. The van der Waals surface area contributed by atoms with Crippen LogP contribution in [0.25, 0.3) is 0 Å². The van der Waals surface area contributed by atoms with E-state index in [0.29, 0.717) is 25.2 Å². The number of benzene rings is 2. The van der Waals surface area contributed by atoms with E-state index in [9.17, 15) is 9.59 Å². The summed E-state index contributed by atoms with van der Waals surface area (Å²) in [6.07, 6.45) is 0.720. The van der Waals surface area contributed by atoms with Gasteiger partial charge < -0.3 is 15.1 Å². The van der Waals surface area contributed by atoms with E-state index >= 15 is 0 Å². The molecule has 27 heavy (non-hydrogen) atoms. The molecule has 2 amide bonds. The molecule has 0 unspecified atom stereocenters. The van der Waals surface area contributed by atoms with Crippen LogP contribution in [-0.4, -0.2) is 60.9 Å². The Balaban J connectivity index is 1.71. The van der Waals surface area contributed by atoms with Crippen molar-refractivity contribution < 1.29 is 9.59 Å². The minimum atomic E-state index is -0.109. The maximum atomic E-state index is 13.0. The van der Waals surface area contributed by atoms with Gasteiger partial charge in [-0.3, -0.25) is 9.59 Å². The van der Waals surface area contributed by atoms with E-state index in [1.54, 1.807) is 17.0 Å². The van der Waals surface area contributed by atoms with Gasteiger partial charge in [0.15, 0.2) is 0 Å². The quantitative estimate of drug-likeness (QED) is 0.767. The van der Waals surface area contributed by atoms with Crippen molar-refractivity contribution in [2.75, 3.05) is 39.3 Å². The van der Waals surface area contributed by atoms with Crippen LogP contribution in [0, 0.1) is 0 Å². The number of piperazine rings is 1. The minimum Gasteiger partial charge on any atom is -0.339 e. The van der Waals surface area contributed by atoms with Gasteiger partial charge in [-0.05, 0) is 36.2 Å². The molecule has 1 heterocycles. The lowest BCUT2D eigenvalue weighted by molar-refractivity contribution is -0.132. The van der Waals surface area contributed by atoms with Crippen LogP contribution >= 0.6 is 15.9 Å².